The molecular formula is C17H22N2O5. The van der Waals surface area contributed by atoms with Gasteiger partial charge in [0.1, 0.15) is 17.8 Å². The Kier molecular flexibility index (Phi) is 6.89. The molecule has 0 bridgehead atoms. The number of Topliss-reactive ketones (excluding diaryl/α,β-unsaturated/α-hetero) is 1. The molecule has 1 aromatic carbocycles. The molecule has 0 spiro atoms. The number of nitriles is 1. The molecule has 7 heteroatoms. The third-order valence-electron chi connectivity index (χ3n) is 3.01. The number of carbonyl (C=O) groups is 2. The zero-order valence-electron chi connectivity index (χ0n) is 13.9. The Hall–Kier alpha value is -2.43. The van der Waals surface area contributed by atoms with Crippen LogP contribution >= 0.6 is 0 Å². The molecule has 130 valence electrons. The first-order chi connectivity index (χ1) is 11.1. The predicted molar refractivity (Wildman–Crippen MR) is 86.2 cm³/mol. The molecule has 0 heterocycles. The Bertz CT molecular complexity index is 631. The van der Waals surface area contributed by atoms with Crippen LogP contribution in [-0.2, 0) is 4.74 Å². The average molecular weight is 334 g/mol. The molecule has 2 atom stereocenters. The summed E-state index contributed by atoms with van der Waals surface area (Å²) >= 11 is 0. The maximum atomic E-state index is 11.7. The largest absolute Gasteiger partial charge is 0.444 e. The zero-order valence-corrected chi connectivity index (χ0v) is 13.9. The topological polar surface area (TPSA) is 120 Å². The van der Waals surface area contributed by atoms with Gasteiger partial charge in [-0.05, 0) is 32.4 Å². The van der Waals surface area contributed by atoms with E-state index in [0.29, 0.717) is 5.56 Å². The molecule has 0 saturated carbocycles. The van der Waals surface area contributed by atoms with Crippen LogP contribution in [0.5, 0.6) is 0 Å². The lowest BCUT2D eigenvalue weighted by molar-refractivity contribution is 0.0129. The fourth-order valence-electron chi connectivity index (χ4n) is 1.91. The number of benzene rings is 1. The monoisotopic (exact) mass is 334 g/mol. The van der Waals surface area contributed by atoms with Crippen molar-refractivity contribution in [2.45, 2.75) is 45.0 Å². The third-order valence-corrected chi connectivity index (χ3v) is 3.01. The summed E-state index contributed by atoms with van der Waals surface area (Å²) in [5.74, 6) is -0.368. The summed E-state index contributed by atoms with van der Waals surface area (Å²) in [7, 11) is 0. The van der Waals surface area contributed by atoms with Crippen LogP contribution in [0.2, 0.25) is 0 Å². The van der Waals surface area contributed by atoms with Gasteiger partial charge in [0.2, 0.25) is 0 Å². The summed E-state index contributed by atoms with van der Waals surface area (Å²) in [6.45, 7) is 4.91. The lowest BCUT2D eigenvalue weighted by Crippen LogP contribution is -2.38. The summed E-state index contributed by atoms with van der Waals surface area (Å²) in [5, 5.41) is 31.1. The number of alkyl carbamates (subject to hydrolysis) is 1. The van der Waals surface area contributed by atoms with E-state index < -0.39 is 23.9 Å². The summed E-state index contributed by atoms with van der Waals surface area (Å²) in [6, 6.07) is 7.81. The number of aliphatic hydroxyl groups excluding tert-OH is 2. The summed E-state index contributed by atoms with van der Waals surface area (Å²) in [6.07, 6.45) is -3.54. The Morgan fingerprint density at radius 1 is 1.33 bits per heavy atom. The molecule has 2 unspecified atom stereocenters. The van der Waals surface area contributed by atoms with E-state index in [1.54, 1.807) is 39.0 Å². The highest BCUT2D eigenvalue weighted by atomic mass is 16.6. The molecule has 0 aliphatic rings. The maximum absolute atomic E-state index is 11.7. The quantitative estimate of drug-likeness (QED) is 0.681. The van der Waals surface area contributed by atoms with Gasteiger partial charge in [0.05, 0.1) is 12.5 Å². The number of hydrogen-bond acceptors (Lipinski definition) is 6. The van der Waals surface area contributed by atoms with Crippen LogP contribution in [-0.4, -0.2) is 40.3 Å². The Labute approximate surface area is 140 Å². The molecule has 1 aromatic rings. The van der Waals surface area contributed by atoms with Gasteiger partial charge < -0.3 is 20.3 Å². The molecule has 0 radical (unpaired) electrons. The van der Waals surface area contributed by atoms with Crippen LogP contribution in [0.3, 0.4) is 0 Å². The highest BCUT2D eigenvalue weighted by Crippen LogP contribution is 2.19. The molecule has 0 aliphatic carbocycles. The molecular weight excluding hydrogens is 312 g/mol. The van der Waals surface area contributed by atoms with E-state index in [1.807, 2.05) is 0 Å². The van der Waals surface area contributed by atoms with E-state index in [0.717, 1.165) is 0 Å². The van der Waals surface area contributed by atoms with Crippen molar-refractivity contribution < 1.29 is 24.5 Å². The second-order valence-electron chi connectivity index (χ2n) is 6.28. The zero-order chi connectivity index (χ0) is 18.3. The SMILES string of the molecule is CC(C)(C)OC(=O)NCC(O)C(O)c1cccc(C(=O)CC#N)c1. The number of nitrogens with zero attached hydrogens (tertiary/aromatic N) is 1. The number of aliphatic hydroxyl groups is 2. The van der Waals surface area contributed by atoms with Crippen LogP contribution in [0.4, 0.5) is 4.79 Å². The minimum atomic E-state index is -1.30. The van der Waals surface area contributed by atoms with Gasteiger partial charge >= 0.3 is 6.09 Å². The van der Waals surface area contributed by atoms with Crippen molar-refractivity contribution in [3.63, 3.8) is 0 Å². The van der Waals surface area contributed by atoms with E-state index in [2.05, 4.69) is 5.32 Å². The maximum Gasteiger partial charge on any atom is 0.407 e. The summed E-state index contributed by atoms with van der Waals surface area (Å²) < 4.78 is 5.03. The molecule has 0 saturated heterocycles. The van der Waals surface area contributed by atoms with Crippen molar-refractivity contribution >= 4 is 11.9 Å². The molecule has 0 aromatic heterocycles. The van der Waals surface area contributed by atoms with E-state index in [1.165, 1.54) is 12.1 Å². The Morgan fingerprint density at radius 2 is 2.00 bits per heavy atom. The van der Waals surface area contributed by atoms with Gasteiger partial charge in [0, 0.05) is 12.1 Å². The van der Waals surface area contributed by atoms with Crippen molar-refractivity contribution in [2.75, 3.05) is 6.54 Å². The van der Waals surface area contributed by atoms with Gasteiger partial charge in [-0.2, -0.15) is 5.26 Å². The second kappa shape index (κ2) is 8.43. The number of ketones is 1. The molecule has 0 fully saturated rings. The Balaban J connectivity index is 2.67. The molecule has 1 rings (SSSR count). The van der Waals surface area contributed by atoms with Crippen LogP contribution in [0.25, 0.3) is 0 Å². The Morgan fingerprint density at radius 3 is 2.58 bits per heavy atom. The van der Waals surface area contributed by atoms with Gasteiger partial charge in [-0.25, -0.2) is 4.79 Å². The van der Waals surface area contributed by atoms with Crippen LogP contribution in [0.1, 0.15) is 49.2 Å². The number of hydrogen-bond donors (Lipinski definition) is 3. The number of ether oxygens (including phenoxy) is 1. The van der Waals surface area contributed by atoms with E-state index in [9.17, 15) is 19.8 Å². The molecule has 0 aliphatic heterocycles. The summed E-state index contributed by atoms with van der Waals surface area (Å²) in [4.78, 5) is 23.2. The summed E-state index contributed by atoms with van der Waals surface area (Å²) in [5.41, 5.74) is -0.0685. The number of amides is 1. The highest BCUT2D eigenvalue weighted by Gasteiger charge is 2.22. The molecule has 3 N–H and O–H groups in total. The third kappa shape index (κ3) is 6.36. The fourth-order valence-corrected chi connectivity index (χ4v) is 1.91. The van der Waals surface area contributed by atoms with Gasteiger partial charge in [0.15, 0.2) is 5.78 Å². The van der Waals surface area contributed by atoms with Crippen molar-refractivity contribution in [1.82, 2.24) is 5.32 Å². The molecule has 24 heavy (non-hydrogen) atoms. The minimum Gasteiger partial charge on any atom is -0.444 e. The first kappa shape index (κ1) is 19.6. The average Bonchev–Trinajstić information content (AvgIpc) is 2.50. The van der Waals surface area contributed by atoms with Gasteiger partial charge in [-0.15, -0.1) is 0 Å². The second-order valence-corrected chi connectivity index (χ2v) is 6.28. The standard InChI is InChI=1S/C17H22N2O5/c1-17(2,3)24-16(23)19-10-14(21)15(22)12-6-4-5-11(9-12)13(20)7-8-18/h4-6,9,14-15,21-22H,7,10H2,1-3H3,(H,19,23). The fraction of sp³-hybridized carbons (Fsp3) is 0.471. The van der Waals surface area contributed by atoms with Crippen LogP contribution in [0.15, 0.2) is 24.3 Å². The van der Waals surface area contributed by atoms with E-state index >= 15 is 0 Å². The van der Waals surface area contributed by atoms with Crippen molar-refractivity contribution in [3.8, 4) is 6.07 Å². The molecule has 1 amide bonds. The lowest BCUT2D eigenvalue weighted by atomic mass is 9.99. The normalized spacial score (nSPS) is 13.5. The predicted octanol–water partition coefficient (Wildman–Crippen LogP) is 1.70. The first-order valence-corrected chi connectivity index (χ1v) is 7.47. The number of rotatable bonds is 6. The highest BCUT2D eigenvalue weighted by molar-refractivity contribution is 5.97. The van der Waals surface area contributed by atoms with Crippen molar-refractivity contribution in [3.05, 3.63) is 35.4 Å². The smallest absolute Gasteiger partial charge is 0.407 e. The van der Waals surface area contributed by atoms with Gasteiger partial charge in [-0.1, -0.05) is 18.2 Å². The number of nitrogens with one attached hydrogen (secondary N) is 1. The van der Waals surface area contributed by atoms with Crippen LogP contribution < -0.4 is 5.32 Å². The van der Waals surface area contributed by atoms with Crippen molar-refractivity contribution in [1.29, 1.82) is 5.26 Å². The van der Waals surface area contributed by atoms with E-state index in [4.69, 9.17) is 10.00 Å². The minimum absolute atomic E-state index is 0.216. The van der Waals surface area contributed by atoms with Crippen LogP contribution in [0, 0.1) is 11.3 Å². The van der Waals surface area contributed by atoms with E-state index in [-0.39, 0.29) is 24.3 Å². The van der Waals surface area contributed by atoms with Gasteiger partial charge in [-0.3, -0.25) is 4.79 Å². The lowest BCUT2D eigenvalue weighted by Gasteiger charge is -2.22. The number of carbonyl (C=O) groups excluding carboxylic acids is 2. The van der Waals surface area contributed by atoms with Crippen molar-refractivity contribution in [2.24, 2.45) is 0 Å². The molecule has 7 nitrogen and oxygen atoms in total. The van der Waals surface area contributed by atoms with Gasteiger partial charge in [0.25, 0.3) is 0 Å². The first-order valence-electron chi connectivity index (χ1n) is 7.47.